The monoisotopic (exact) mass is 428 g/mol. The molecule has 32 heavy (non-hydrogen) atoms. The topological polar surface area (TPSA) is 74.8 Å². The Balaban J connectivity index is 1.45. The Labute approximate surface area is 186 Å². The summed E-state index contributed by atoms with van der Waals surface area (Å²) in [5, 5.41) is 2.95. The van der Waals surface area contributed by atoms with E-state index >= 15 is 0 Å². The van der Waals surface area contributed by atoms with Crippen LogP contribution in [0.4, 0.5) is 9.59 Å². The number of pyridine rings is 1. The van der Waals surface area contributed by atoms with Crippen molar-refractivity contribution >= 4 is 12.1 Å². The van der Waals surface area contributed by atoms with Gasteiger partial charge in [0.25, 0.3) is 0 Å². The van der Waals surface area contributed by atoms with Crippen LogP contribution in [0, 0.1) is 0 Å². The number of ether oxygens (including phenoxy) is 1. The normalized spacial score (nSPS) is 19.2. The smallest absolute Gasteiger partial charge is 0.411 e. The summed E-state index contributed by atoms with van der Waals surface area (Å²) in [6.45, 7) is 1.58. The van der Waals surface area contributed by atoms with E-state index < -0.39 is 5.60 Å². The molecule has 0 saturated carbocycles. The van der Waals surface area contributed by atoms with Crippen LogP contribution in [-0.4, -0.2) is 52.6 Å². The number of nitrogens with one attached hydrogen (secondary N) is 1. The van der Waals surface area contributed by atoms with Gasteiger partial charge in [0.15, 0.2) is 5.60 Å². The molecule has 1 aromatic heterocycles. The molecule has 2 saturated heterocycles. The Hall–Kier alpha value is -3.87. The van der Waals surface area contributed by atoms with E-state index in [0.717, 1.165) is 16.8 Å². The number of rotatable bonds is 4. The summed E-state index contributed by atoms with van der Waals surface area (Å²) in [6, 6.07) is 24.6. The van der Waals surface area contributed by atoms with Crippen LogP contribution in [0.15, 0.2) is 85.1 Å². The van der Waals surface area contributed by atoms with Crippen LogP contribution in [0.2, 0.25) is 0 Å². The molecular formula is C25H24N4O3. The van der Waals surface area contributed by atoms with Gasteiger partial charge in [-0.25, -0.2) is 9.59 Å². The van der Waals surface area contributed by atoms with Gasteiger partial charge < -0.3 is 15.0 Å². The van der Waals surface area contributed by atoms with Crippen molar-refractivity contribution in [1.82, 2.24) is 20.1 Å². The van der Waals surface area contributed by atoms with Gasteiger partial charge in [-0.3, -0.25) is 9.88 Å². The average Bonchev–Trinajstić information content (AvgIpc) is 3.17. The standard InChI is InChI=1S/C25H24N4O3/c30-23(27-17-21-13-7-8-14-26-21)28-15-16-29-22(18-28)25(32-24(29)31,19-9-3-1-4-10-19)20-11-5-2-6-12-20/h1-14,22H,15-18H2,(H,27,30). The lowest BCUT2D eigenvalue weighted by Crippen LogP contribution is -2.59. The van der Waals surface area contributed by atoms with E-state index in [1.165, 1.54) is 0 Å². The van der Waals surface area contributed by atoms with Gasteiger partial charge in [0.05, 0.1) is 12.2 Å². The summed E-state index contributed by atoms with van der Waals surface area (Å²) in [7, 11) is 0. The van der Waals surface area contributed by atoms with Crippen molar-refractivity contribution in [2.24, 2.45) is 0 Å². The first-order valence-electron chi connectivity index (χ1n) is 10.7. The van der Waals surface area contributed by atoms with Gasteiger partial charge in [-0.05, 0) is 12.1 Å². The maximum Gasteiger partial charge on any atom is 0.411 e. The third-order valence-electron chi connectivity index (χ3n) is 6.17. The molecule has 3 heterocycles. The number of nitrogens with zero attached hydrogens (tertiary/aromatic N) is 3. The maximum atomic E-state index is 13.0. The number of fused-ring (bicyclic) bond motifs is 1. The Morgan fingerprint density at radius 1 is 0.969 bits per heavy atom. The van der Waals surface area contributed by atoms with Crippen LogP contribution in [0.3, 0.4) is 0 Å². The second-order valence-electron chi connectivity index (χ2n) is 7.97. The molecule has 2 fully saturated rings. The van der Waals surface area contributed by atoms with E-state index in [4.69, 9.17) is 4.74 Å². The quantitative estimate of drug-likeness (QED) is 0.691. The molecule has 2 aliphatic rings. The van der Waals surface area contributed by atoms with Gasteiger partial charge in [0, 0.05) is 37.0 Å². The highest BCUT2D eigenvalue weighted by Gasteiger charge is 2.58. The molecule has 3 amide bonds. The van der Waals surface area contributed by atoms with Crippen LogP contribution in [-0.2, 0) is 16.9 Å². The Bertz CT molecular complexity index is 1050. The Morgan fingerprint density at radius 2 is 1.62 bits per heavy atom. The highest BCUT2D eigenvalue weighted by molar-refractivity contribution is 5.77. The summed E-state index contributed by atoms with van der Waals surface area (Å²) in [5.74, 6) is 0. The average molecular weight is 428 g/mol. The predicted molar refractivity (Wildman–Crippen MR) is 119 cm³/mol. The van der Waals surface area contributed by atoms with Crippen molar-refractivity contribution < 1.29 is 14.3 Å². The number of carbonyl (C=O) groups is 2. The first kappa shape index (κ1) is 20.1. The number of amides is 3. The van der Waals surface area contributed by atoms with Crippen molar-refractivity contribution in [3.8, 4) is 0 Å². The van der Waals surface area contributed by atoms with Crippen molar-refractivity contribution in [2.45, 2.75) is 18.2 Å². The van der Waals surface area contributed by atoms with Gasteiger partial charge in [-0.1, -0.05) is 66.7 Å². The van der Waals surface area contributed by atoms with E-state index in [-0.39, 0.29) is 18.2 Å². The molecule has 1 atom stereocenters. The van der Waals surface area contributed by atoms with Crippen LogP contribution in [0.25, 0.3) is 0 Å². The molecule has 0 bridgehead atoms. The van der Waals surface area contributed by atoms with Gasteiger partial charge in [-0.15, -0.1) is 0 Å². The molecule has 162 valence electrons. The molecule has 0 spiro atoms. The van der Waals surface area contributed by atoms with Crippen LogP contribution in [0.5, 0.6) is 0 Å². The minimum Gasteiger partial charge on any atom is -0.431 e. The zero-order chi connectivity index (χ0) is 22.0. The highest BCUT2D eigenvalue weighted by atomic mass is 16.6. The van der Waals surface area contributed by atoms with Crippen molar-refractivity contribution in [3.63, 3.8) is 0 Å². The minimum atomic E-state index is -0.987. The summed E-state index contributed by atoms with van der Waals surface area (Å²) < 4.78 is 6.14. The third kappa shape index (κ3) is 3.45. The third-order valence-corrected chi connectivity index (χ3v) is 6.17. The summed E-state index contributed by atoms with van der Waals surface area (Å²) >= 11 is 0. The van der Waals surface area contributed by atoms with Gasteiger partial charge in [0.1, 0.15) is 6.04 Å². The second kappa shape index (κ2) is 8.34. The van der Waals surface area contributed by atoms with Crippen molar-refractivity contribution in [3.05, 3.63) is 102 Å². The van der Waals surface area contributed by atoms with E-state index in [1.807, 2.05) is 78.9 Å². The number of urea groups is 1. The van der Waals surface area contributed by atoms with Crippen LogP contribution in [0.1, 0.15) is 16.8 Å². The molecule has 2 aliphatic heterocycles. The summed E-state index contributed by atoms with van der Waals surface area (Å²) in [6.07, 6.45) is 1.35. The van der Waals surface area contributed by atoms with E-state index in [1.54, 1.807) is 16.0 Å². The molecule has 1 N–H and O–H groups in total. The van der Waals surface area contributed by atoms with Gasteiger partial charge in [-0.2, -0.15) is 0 Å². The largest absolute Gasteiger partial charge is 0.431 e. The molecule has 2 aromatic carbocycles. The van der Waals surface area contributed by atoms with Gasteiger partial charge >= 0.3 is 12.1 Å². The molecule has 1 unspecified atom stereocenters. The number of piperazine rings is 1. The maximum absolute atomic E-state index is 13.0. The number of carbonyl (C=O) groups excluding carboxylic acids is 2. The minimum absolute atomic E-state index is 0.176. The number of hydrogen-bond donors (Lipinski definition) is 1. The predicted octanol–water partition coefficient (Wildman–Crippen LogP) is 3.37. The first-order chi connectivity index (χ1) is 15.7. The highest BCUT2D eigenvalue weighted by Crippen LogP contribution is 2.45. The van der Waals surface area contributed by atoms with E-state index in [9.17, 15) is 9.59 Å². The summed E-state index contributed by atoms with van der Waals surface area (Å²) in [4.78, 5) is 33.7. The molecule has 0 aliphatic carbocycles. The Kier molecular flexibility index (Phi) is 5.23. The fraction of sp³-hybridized carbons (Fsp3) is 0.240. The number of benzene rings is 2. The summed E-state index contributed by atoms with van der Waals surface area (Å²) in [5.41, 5.74) is 1.59. The SMILES string of the molecule is O=C(NCc1ccccn1)N1CCN2C(=O)OC(c3ccccc3)(c3ccccc3)C2C1. The lowest BCUT2D eigenvalue weighted by atomic mass is 9.79. The van der Waals surface area contributed by atoms with Crippen LogP contribution >= 0.6 is 0 Å². The van der Waals surface area contributed by atoms with Gasteiger partial charge in [0.2, 0.25) is 0 Å². The molecule has 7 nitrogen and oxygen atoms in total. The molecule has 7 heteroatoms. The first-order valence-corrected chi connectivity index (χ1v) is 10.7. The van der Waals surface area contributed by atoms with Crippen molar-refractivity contribution in [2.75, 3.05) is 19.6 Å². The lowest BCUT2D eigenvalue weighted by Gasteiger charge is -2.42. The molecule has 0 radical (unpaired) electrons. The van der Waals surface area contributed by atoms with Crippen LogP contribution < -0.4 is 5.32 Å². The molecule has 3 aromatic rings. The Morgan fingerprint density at radius 3 is 2.25 bits per heavy atom. The molecule has 5 rings (SSSR count). The van der Waals surface area contributed by atoms with Crippen molar-refractivity contribution in [1.29, 1.82) is 0 Å². The number of hydrogen-bond acceptors (Lipinski definition) is 4. The zero-order valence-corrected chi connectivity index (χ0v) is 17.6. The van der Waals surface area contributed by atoms with E-state index in [0.29, 0.717) is 26.2 Å². The number of cyclic esters (lactones) is 1. The van der Waals surface area contributed by atoms with E-state index in [2.05, 4.69) is 10.3 Å². The second-order valence-corrected chi connectivity index (χ2v) is 7.97. The number of aromatic nitrogens is 1. The fourth-order valence-corrected chi connectivity index (χ4v) is 4.62. The lowest BCUT2D eigenvalue weighted by molar-refractivity contribution is 0.0511. The fourth-order valence-electron chi connectivity index (χ4n) is 4.62. The molecular weight excluding hydrogens is 404 g/mol. The zero-order valence-electron chi connectivity index (χ0n) is 17.6.